The smallest absolute Gasteiger partial charge is 0.223 e. The van der Waals surface area contributed by atoms with Crippen molar-refractivity contribution in [2.75, 3.05) is 27.2 Å². The molecule has 4 nitrogen and oxygen atoms in total. The van der Waals surface area contributed by atoms with Gasteiger partial charge in [-0.3, -0.25) is 14.5 Å². The molecule has 1 aliphatic rings. The summed E-state index contributed by atoms with van der Waals surface area (Å²) in [7, 11) is 3.51. The third kappa shape index (κ3) is 3.91. The zero-order chi connectivity index (χ0) is 15.4. The number of ketones is 1. The second-order valence-corrected chi connectivity index (χ2v) is 5.97. The lowest BCUT2D eigenvalue weighted by atomic mass is 10.0. The van der Waals surface area contributed by atoms with E-state index in [1.54, 1.807) is 7.05 Å². The minimum absolute atomic E-state index is 0.00632. The number of carbonyl (C=O) groups excluding carboxylic acids is 2. The van der Waals surface area contributed by atoms with Crippen LogP contribution in [0.25, 0.3) is 0 Å². The summed E-state index contributed by atoms with van der Waals surface area (Å²) >= 11 is 0. The number of hydrogen-bond acceptors (Lipinski definition) is 3. The number of hydrogen-bond donors (Lipinski definition) is 1. The lowest BCUT2D eigenvalue weighted by Gasteiger charge is -2.19. The van der Waals surface area contributed by atoms with Crippen molar-refractivity contribution in [2.24, 2.45) is 5.92 Å². The highest BCUT2D eigenvalue weighted by Crippen LogP contribution is 2.23. The summed E-state index contributed by atoms with van der Waals surface area (Å²) in [5.41, 5.74) is 3.49. The highest BCUT2D eigenvalue weighted by molar-refractivity contribution is 5.97. The van der Waals surface area contributed by atoms with Crippen LogP contribution in [0.1, 0.15) is 34.8 Å². The van der Waals surface area contributed by atoms with Crippen LogP contribution < -0.4 is 5.32 Å². The number of carbonyl (C=O) groups is 2. The van der Waals surface area contributed by atoms with Gasteiger partial charge in [0.15, 0.2) is 5.78 Å². The van der Waals surface area contributed by atoms with Crippen molar-refractivity contribution >= 4 is 11.7 Å². The number of nitrogens with one attached hydrogen (secondary N) is 1. The summed E-state index contributed by atoms with van der Waals surface area (Å²) < 4.78 is 0. The average Bonchev–Trinajstić information content (AvgIpc) is 2.93. The van der Waals surface area contributed by atoms with Crippen LogP contribution in [0.4, 0.5) is 0 Å². The van der Waals surface area contributed by atoms with Crippen LogP contribution >= 0.6 is 0 Å². The maximum Gasteiger partial charge on any atom is 0.223 e. The van der Waals surface area contributed by atoms with Crippen LogP contribution in [0.5, 0.6) is 0 Å². The van der Waals surface area contributed by atoms with Gasteiger partial charge in [0.25, 0.3) is 0 Å². The molecular formula is C17H24N2O2. The number of rotatable bonds is 6. The molecule has 2 rings (SSSR count). The van der Waals surface area contributed by atoms with Gasteiger partial charge in [-0.15, -0.1) is 0 Å². The van der Waals surface area contributed by atoms with Crippen molar-refractivity contribution in [3.05, 3.63) is 34.9 Å². The number of benzene rings is 1. The van der Waals surface area contributed by atoms with E-state index >= 15 is 0 Å². The molecule has 0 bridgehead atoms. The fourth-order valence-corrected chi connectivity index (χ4v) is 2.94. The number of nitrogens with zero attached hydrogens (tertiary/aromatic N) is 1. The fraction of sp³-hybridized carbons (Fsp3) is 0.529. The maximum absolute atomic E-state index is 12.3. The Kier molecular flexibility index (Phi) is 5.12. The molecule has 0 heterocycles. The summed E-state index contributed by atoms with van der Waals surface area (Å²) in [5, 5.41) is 2.63. The molecule has 0 saturated carbocycles. The number of amides is 1. The zero-order valence-electron chi connectivity index (χ0n) is 13.1. The van der Waals surface area contributed by atoms with E-state index in [9.17, 15) is 9.59 Å². The summed E-state index contributed by atoms with van der Waals surface area (Å²) in [4.78, 5) is 25.8. The Balaban J connectivity index is 1.93. The Morgan fingerprint density at radius 3 is 2.71 bits per heavy atom. The molecule has 1 aromatic rings. The van der Waals surface area contributed by atoms with Gasteiger partial charge in [0.05, 0.1) is 6.54 Å². The van der Waals surface area contributed by atoms with Crippen molar-refractivity contribution in [1.82, 2.24) is 10.2 Å². The van der Waals surface area contributed by atoms with Gasteiger partial charge in [0.1, 0.15) is 0 Å². The van der Waals surface area contributed by atoms with Crippen LogP contribution in [0.3, 0.4) is 0 Å². The first kappa shape index (κ1) is 15.7. The summed E-state index contributed by atoms with van der Waals surface area (Å²) in [5.74, 6) is 0.0101. The van der Waals surface area contributed by atoms with E-state index in [-0.39, 0.29) is 17.6 Å². The predicted octanol–water partition coefficient (Wildman–Crippen LogP) is 1.67. The molecule has 114 valence electrons. The van der Waals surface area contributed by atoms with Crippen LogP contribution in [-0.4, -0.2) is 43.8 Å². The highest BCUT2D eigenvalue weighted by Gasteiger charge is 2.18. The number of fused-ring (bicyclic) bond motifs is 1. The van der Waals surface area contributed by atoms with E-state index in [1.807, 2.05) is 31.0 Å². The molecule has 1 N–H and O–H groups in total. The quantitative estimate of drug-likeness (QED) is 0.810. The summed E-state index contributed by atoms with van der Waals surface area (Å²) in [6, 6.07) is 6.06. The van der Waals surface area contributed by atoms with Gasteiger partial charge in [-0.2, -0.15) is 0 Å². The molecule has 1 aromatic carbocycles. The molecule has 0 aliphatic heterocycles. The standard InChI is InChI=1S/C17H24N2O2/c1-12(17(21)18-2)10-19(3)11-16(20)15-8-7-13-5-4-6-14(13)9-15/h7-9,12H,4-6,10-11H2,1-3H3,(H,18,21). The first-order valence-electron chi connectivity index (χ1n) is 7.56. The zero-order valence-corrected chi connectivity index (χ0v) is 13.1. The summed E-state index contributed by atoms with van der Waals surface area (Å²) in [6.07, 6.45) is 3.41. The van der Waals surface area contributed by atoms with Gasteiger partial charge in [-0.25, -0.2) is 0 Å². The first-order valence-corrected chi connectivity index (χ1v) is 7.56. The van der Waals surface area contributed by atoms with Crippen LogP contribution in [-0.2, 0) is 17.6 Å². The molecule has 0 spiro atoms. The number of likely N-dealkylation sites (N-methyl/N-ethyl adjacent to an activating group) is 1. The van der Waals surface area contributed by atoms with Gasteiger partial charge >= 0.3 is 0 Å². The van der Waals surface area contributed by atoms with Crippen LogP contribution in [0.15, 0.2) is 18.2 Å². The average molecular weight is 288 g/mol. The second-order valence-electron chi connectivity index (χ2n) is 5.97. The Bertz CT molecular complexity index is 540. The predicted molar refractivity (Wildman–Crippen MR) is 83.5 cm³/mol. The van der Waals surface area contributed by atoms with Crippen molar-refractivity contribution in [3.63, 3.8) is 0 Å². The first-order chi connectivity index (χ1) is 10.0. The fourth-order valence-electron chi connectivity index (χ4n) is 2.94. The monoisotopic (exact) mass is 288 g/mol. The molecule has 21 heavy (non-hydrogen) atoms. The Hall–Kier alpha value is -1.68. The molecular weight excluding hydrogens is 264 g/mol. The molecule has 0 fully saturated rings. The highest BCUT2D eigenvalue weighted by atomic mass is 16.1. The van der Waals surface area contributed by atoms with Gasteiger partial charge < -0.3 is 5.32 Å². The second kappa shape index (κ2) is 6.85. The SMILES string of the molecule is CNC(=O)C(C)CN(C)CC(=O)c1ccc2c(c1)CCC2. The van der Waals surface area contributed by atoms with Crippen molar-refractivity contribution in [1.29, 1.82) is 0 Å². The molecule has 0 aromatic heterocycles. The maximum atomic E-state index is 12.3. The number of Topliss-reactive ketones (excluding diaryl/α,β-unsaturated/α-hetero) is 1. The van der Waals surface area contributed by atoms with E-state index < -0.39 is 0 Å². The molecule has 1 aliphatic carbocycles. The van der Waals surface area contributed by atoms with Crippen molar-refractivity contribution in [2.45, 2.75) is 26.2 Å². The van der Waals surface area contributed by atoms with E-state index in [1.165, 1.54) is 17.5 Å². The molecule has 1 amide bonds. The third-order valence-corrected chi connectivity index (χ3v) is 4.11. The lowest BCUT2D eigenvalue weighted by Crippen LogP contribution is -2.36. The molecule has 1 atom stereocenters. The largest absolute Gasteiger partial charge is 0.359 e. The topological polar surface area (TPSA) is 49.4 Å². The number of aryl methyl sites for hydroxylation is 2. The third-order valence-electron chi connectivity index (χ3n) is 4.11. The van der Waals surface area contributed by atoms with E-state index in [0.29, 0.717) is 13.1 Å². The summed E-state index contributed by atoms with van der Waals surface area (Å²) in [6.45, 7) is 2.80. The lowest BCUT2D eigenvalue weighted by molar-refractivity contribution is -0.124. The van der Waals surface area contributed by atoms with E-state index in [2.05, 4.69) is 11.4 Å². The Morgan fingerprint density at radius 1 is 1.29 bits per heavy atom. The molecule has 1 unspecified atom stereocenters. The normalized spacial score (nSPS) is 14.9. The van der Waals surface area contributed by atoms with Gasteiger partial charge in [0, 0.05) is 25.1 Å². The molecule has 0 saturated heterocycles. The van der Waals surface area contributed by atoms with Gasteiger partial charge in [-0.05, 0) is 43.5 Å². The minimum Gasteiger partial charge on any atom is -0.359 e. The van der Waals surface area contributed by atoms with Crippen LogP contribution in [0.2, 0.25) is 0 Å². The minimum atomic E-state index is -0.118. The van der Waals surface area contributed by atoms with Gasteiger partial charge in [-0.1, -0.05) is 19.1 Å². The van der Waals surface area contributed by atoms with Crippen molar-refractivity contribution in [3.8, 4) is 0 Å². The Morgan fingerprint density at radius 2 is 2.00 bits per heavy atom. The van der Waals surface area contributed by atoms with Crippen molar-refractivity contribution < 1.29 is 9.59 Å². The van der Waals surface area contributed by atoms with Gasteiger partial charge in [0.2, 0.25) is 5.91 Å². The molecule has 0 radical (unpaired) electrons. The van der Waals surface area contributed by atoms with E-state index in [0.717, 1.165) is 18.4 Å². The molecule has 4 heteroatoms. The van der Waals surface area contributed by atoms with Crippen LogP contribution in [0, 0.1) is 5.92 Å². The van der Waals surface area contributed by atoms with E-state index in [4.69, 9.17) is 0 Å². The Labute approximate surface area is 126 Å².